The van der Waals surface area contributed by atoms with Crippen LogP contribution in [0.4, 0.5) is 5.69 Å². The standard InChI is InChI=1S/C22H28BrN3O3/c1-15(2)26-11-3-4-17(14-26)13-24-21(27)12-16-5-7-18(8-6-16)25-22(28)19-9-10-20(23)29-19/h5-10,15,17H,3-4,11-14H2,1-2H3,(H,24,27)(H,25,28). The summed E-state index contributed by atoms with van der Waals surface area (Å²) in [5.41, 5.74) is 1.57. The van der Waals surface area contributed by atoms with Gasteiger partial charge in [-0.3, -0.25) is 9.59 Å². The first kappa shape index (κ1) is 21.6. The third kappa shape index (κ3) is 6.44. The minimum absolute atomic E-state index is 0.0314. The maximum absolute atomic E-state index is 12.3. The summed E-state index contributed by atoms with van der Waals surface area (Å²) < 4.78 is 5.75. The fourth-order valence-electron chi connectivity index (χ4n) is 3.57. The molecular formula is C22H28BrN3O3. The molecule has 7 heteroatoms. The molecule has 1 aliphatic rings. The molecule has 2 heterocycles. The first-order valence-electron chi connectivity index (χ1n) is 10.1. The second-order valence-electron chi connectivity index (χ2n) is 7.83. The highest BCUT2D eigenvalue weighted by Crippen LogP contribution is 2.18. The average Bonchev–Trinajstić information content (AvgIpc) is 3.15. The molecule has 1 saturated heterocycles. The number of nitrogens with zero attached hydrogens (tertiary/aromatic N) is 1. The van der Waals surface area contributed by atoms with Crippen LogP contribution in [-0.4, -0.2) is 42.4 Å². The van der Waals surface area contributed by atoms with Gasteiger partial charge in [-0.2, -0.15) is 0 Å². The van der Waals surface area contributed by atoms with E-state index >= 15 is 0 Å². The number of hydrogen-bond donors (Lipinski definition) is 2. The number of benzene rings is 1. The smallest absolute Gasteiger partial charge is 0.291 e. The number of amides is 2. The summed E-state index contributed by atoms with van der Waals surface area (Å²) >= 11 is 3.18. The lowest BCUT2D eigenvalue weighted by Crippen LogP contribution is -2.43. The first-order chi connectivity index (χ1) is 13.9. The highest BCUT2D eigenvalue weighted by atomic mass is 79.9. The molecule has 6 nitrogen and oxygen atoms in total. The van der Waals surface area contributed by atoms with Crippen molar-refractivity contribution in [1.29, 1.82) is 0 Å². The summed E-state index contributed by atoms with van der Waals surface area (Å²) in [6, 6.07) is 11.1. The second kappa shape index (κ2) is 10.1. The molecule has 1 fully saturated rings. The molecule has 2 aromatic rings. The molecule has 3 rings (SSSR count). The van der Waals surface area contributed by atoms with Gasteiger partial charge in [0.25, 0.3) is 5.91 Å². The van der Waals surface area contributed by atoms with Crippen molar-refractivity contribution in [1.82, 2.24) is 10.2 Å². The first-order valence-corrected chi connectivity index (χ1v) is 10.9. The average molecular weight is 462 g/mol. The number of rotatable bonds is 7. The van der Waals surface area contributed by atoms with Gasteiger partial charge < -0.3 is 20.0 Å². The predicted octanol–water partition coefficient (Wildman–Crippen LogP) is 4.07. The summed E-state index contributed by atoms with van der Waals surface area (Å²) in [5.74, 6) is 0.474. The Labute approximate surface area is 180 Å². The maximum atomic E-state index is 12.3. The number of hydrogen-bond acceptors (Lipinski definition) is 4. The zero-order chi connectivity index (χ0) is 20.8. The maximum Gasteiger partial charge on any atom is 0.291 e. The normalized spacial score (nSPS) is 17.3. The van der Waals surface area contributed by atoms with Crippen molar-refractivity contribution < 1.29 is 14.0 Å². The third-order valence-corrected chi connectivity index (χ3v) is 5.67. The SMILES string of the molecule is CC(C)N1CCCC(CNC(=O)Cc2ccc(NC(=O)c3ccc(Br)o3)cc2)C1. The number of halogens is 1. The largest absolute Gasteiger partial charge is 0.444 e. The Bertz CT molecular complexity index is 832. The van der Waals surface area contributed by atoms with E-state index in [1.54, 1.807) is 24.3 Å². The monoisotopic (exact) mass is 461 g/mol. The van der Waals surface area contributed by atoms with Gasteiger partial charge in [0.2, 0.25) is 5.91 Å². The van der Waals surface area contributed by atoms with E-state index < -0.39 is 0 Å². The van der Waals surface area contributed by atoms with Crippen molar-refractivity contribution in [2.75, 3.05) is 25.0 Å². The van der Waals surface area contributed by atoms with Crippen molar-refractivity contribution in [3.05, 3.63) is 52.4 Å². The summed E-state index contributed by atoms with van der Waals surface area (Å²) in [6.07, 6.45) is 2.70. The number of nitrogens with one attached hydrogen (secondary N) is 2. The van der Waals surface area contributed by atoms with Crippen molar-refractivity contribution in [2.24, 2.45) is 5.92 Å². The van der Waals surface area contributed by atoms with Gasteiger partial charge in [-0.05, 0) is 84.9 Å². The van der Waals surface area contributed by atoms with Gasteiger partial charge in [-0.15, -0.1) is 0 Å². The Morgan fingerprint density at radius 1 is 1.21 bits per heavy atom. The van der Waals surface area contributed by atoms with Gasteiger partial charge in [0.05, 0.1) is 6.42 Å². The van der Waals surface area contributed by atoms with E-state index in [1.165, 1.54) is 12.8 Å². The molecule has 0 spiro atoms. The van der Waals surface area contributed by atoms with Gasteiger partial charge in [-0.25, -0.2) is 0 Å². The summed E-state index contributed by atoms with van der Waals surface area (Å²) in [7, 11) is 0. The van der Waals surface area contributed by atoms with Crippen LogP contribution in [0.15, 0.2) is 45.5 Å². The lowest BCUT2D eigenvalue weighted by Gasteiger charge is -2.35. The fraction of sp³-hybridized carbons (Fsp3) is 0.455. The highest BCUT2D eigenvalue weighted by Gasteiger charge is 2.22. The third-order valence-electron chi connectivity index (χ3n) is 5.24. The molecule has 1 atom stereocenters. The summed E-state index contributed by atoms with van der Waals surface area (Å²) in [4.78, 5) is 26.9. The van der Waals surface area contributed by atoms with Gasteiger partial charge in [-0.1, -0.05) is 12.1 Å². The summed E-state index contributed by atoms with van der Waals surface area (Å²) in [5, 5.41) is 5.85. The van der Waals surface area contributed by atoms with Crippen LogP contribution in [-0.2, 0) is 11.2 Å². The molecule has 29 heavy (non-hydrogen) atoms. The minimum atomic E-state index is -0.316. The predicted molar refractivity (Wildman–Crippen MR) is 117 cm³/mol. The summed E-state index contributed by atoms with van der Waals surface area (Å²) in [6.45, 7) is 7.39. The molecule has 0 bridgehead atoms. The van der Waals surface area contributed by atoms with Crippen molar-refractivity contribution >= 4 is 33.4 Å². The molecule has 156 valence electrons. The van der Waals surface area contributed by atoms with E-state index in [1.807, 2.05) is 12.1 Å². The second-order valence-corrected chi connectivity index (χ2v) is 8.61. The van der Waals surface area contributed by atoms with Crippen molar-refractivity contribution in [3.8, 4) is 0 Å². The topological polar surface area (TPSA) is 74.6 Å². The molecule has 1 aromatic heterocycles. The molecule has 2 amide bonds. The molecule has 0 radical (unpaired) electrons. The zero-order valence-electron chi connectivity index (χ0n) is 16.9. The van der Waals surface area contributed by atoms with Crippen LogP contribution < -0.4 is 10.6 Å². The van der Waals surface area contributed by atoms with Crippen molar-refractivity contribution in [2.45, 2.75) is 39.2 Å². The van der Waals surface area contributed by atoms with E-state index in [4.69, 9.17) is 4.42 Å². The molecule has 1 unspecified atom stereocenters. The van der Waals surface area contributed by atoms with E-state index in [9.17, 15) is 9.59 Å². The van der Waals surface area contributed by atoms with E-state index in [2.05, 4.69) is 45.3 Å². The van der Waals surface area contributed by atoms with Crippen LogP contribution >= 0.6 is 15.9 Å². The fourth-order valence-corrected chi connectivity index (χ4v) is 3.88. The Balaban J connectivity index is 1.44. The number of piperidine rings is 1. The number of carbonyl (C=O) groups is 2. The van der Waals surface area contributed by atoms with Crippen LogP contribution in [0.2, 0.25) is 0 Å². The van der Waals surface area contributed by atoms with Gasteiger partial charge in [0.1, 0.15) is 0 Å². The van der Waals surface area contributed by atoms with Crippen molar-refractivity contribution in [3.63, 3.8) is 0 Å². The molecular weight excluding hydrogens is 434 g/mol. The lowest BCUT2D eigenvalue weighted by atomic mass is 9.97. The van der Waals surface area contributed by atoms with E-state index in [0.717, 1.165) is 25.2 Å². The molecule has 0 aliphatic carbocycles. The van der Waals surface area contributed by atoms with Crippen LogP contribution in [0.25, 0.3) is 0 Å². The number of likely N-dealkylation sites (tertiary alicyclic amines) is 1. The van der Waals surface area contributed by atoms with Crippen LogP contribution in [0.1, 0.15) is 42.8 Å². The lowest BCUT2D eigenvalue weighted by molar-refractivity contribution is -0.120. The zero-order valence-corrected chi connectivity index (χ0v) is 18.5. The van der Waals surface area contributed by atoms with Crippen LogP contribution in [0.3, 0.4) is 0 Å². The number of carbonyl (C=O) groups excluding carboxylic acids is 2. The highest BCUT2D eigenvalue weighted by molar-refractivity contribution is 9.10. The Morgan fingerprint density at radius 3 is 2.62 bits per heavy atom. The number of furan rings is 1. The Morgan fingerprint density at radius 2 is 1.97 bits per heavy atom. The van der Waals surface area contributed by atoms with Gasteiger partial charge in [0, 0.05) is 24.8 Å². The molecule has 1 aromatic carbocycles. The van der Waals surface area contributed by atoms with Gasteiger partial charge >= 0.3 is 0 Å². The molecule has 2 N–H and O–H groups in total. The minimum Gasteiger partial charge on any atom is -0.444 e. The molecule has 1 aliphatic heterocycles. The quantitative estimate of drug-likeness (QED) is 0.651. The number of anilines is 1. The van der Waals surface area contributed by atoms with Crippen LogP contribution in [0.5, 0.6) is 0 Å². The molecule has 0 saturated carbocycles. The Hall–Kier alpha value is -2.12. The van der Waals surface area contributed by atoms with Gasteiger partial charge in [0.15, 0.2) is 10.4 Å². The Kier molecular flexibility index (Phi) is 7.50. The van der Waals surface area contributed by atoms with Crippen LogP contribution in [0, 0.1) is 5.92 Å². The van der Waals surface area contributed by atoms with E-state index in [0.29, 0.717) is 28.7 Å². The van der Waals surface area contributed by atoms with E-state index in [-0.39, 0.29) is 17.6 Å².